The van der Waals surface area contributed by atoms with Crippen LogP contribution in [-0.4, -0.2) is 37.6 Å². The number of hydrogen-bond acceptors (Lipinski definition) is 3. The first kappa shape index (κ1) is 21.6. The van der Waals surface area contributed by atoms with Crippen LogP contribution in [0.1, 0.15) is 38.4 Å². The lowest BCUT2D eigenvalue weighted by Gasteiger charge is -2.12. The van der Waals surface area contributed by atoms with Crippen molar-refractivity contribution in [3.05, 3.63) is 24.2 Å². The molecule has 0 aromatic carbocycles. The van der Waals surface area contributed by atoms with Gasteiger partial charge in [-0.3, -0.25) is 4.99 Å². The summed E-state index contributed by atoms with van der Waals surface area (Å²) in [5.74, 6) is 3.16. The zero-order chi connectivity index (χ0) is 15.2. The largest absolute Gasteiger partial charge is 0.469 e. The number of thioether (sulfide) groups is 1. The third-order valence-electron chi connectivity index (χ3n) is 3.09. The van der Waals surface area contributed by atoms with Gasteiger partial charge in [0.1, 0.15) is 5.76 Å². The van der Waals surface area contributed by atoms with E-state index in [0.717, 1.165) is 44.2 Å². The molecule has 1 heterocycles. The van der Waals surface area contributed by atoms with Gasteiger partial charge in [-0.25, -0.2) is 0 Å². The highest BCUT2D eigenvalue weighted by atomic mass is 127. The van der Waals surface area contributed by atoms with Gasteiger partial charge in [0.25, 0.3) is 0 Å². The first-order valence-corrected chi connectivity index (χ1v) is 9.29. The van der Waals surface area contributed by atoms with E-state index in [2.05, 4.69) is 28.8 Å². The molecule has 0 radical (unpaired) electrons. The van der Waals surface area contributed by atoms with Gasteiger partial charge in [0, 0.05) is 26.1 Å². The second-order valence-electron chi connectivity index (χ2n) is 4.97. The van der Waals surface area contributed by atoms with Crippen LogP contribution in [0.2, 0.25) is 0 Å². The van der Waals surface area contributed by atoms with E-state index in [1.165, 1.54) is 25.0 Å². The van der Waals surface area contributed by atoms with Crippen molar-refractivity contribution in [2.45, 2.75) is 39.0 Å². The number of guanidine groups is 1. The third-order valence-corrected chi connectivity index (χ3v) is 3.79. The van der Waals surface area contributed by atoms with Crippen molar-refractivity contribution < 1.29 is 4.42 Å². The van der Waals surface area contributed by atoms with E-state index in [9.17, 15) is 0 Å². The molecule has 0 aliphatic heterocycles. The summed E-state index contributed by atoms with van der Waals surface area (Å²) in [7, 11) is 0. The smallest absolute Gasteiger partial charge is 0.191 e. The molecule has 1 aromatic heterocycles. The van der Waals surface area contributed by atoms with Crippen LogP contribution in [0.3, 0.4) is 0 Å². The highest BCUT2D eigenvalue weighted by molar-refractivity contribution is 14.0. The first-order valence-electron chi connectivity index (χ1n) is 7.90. The van der Waals surface area contributed by atoms with Crippen molar-refractivity contribution in [2.75, 3.05) is 31.6 Å². The van der Waals surface area contributed by atoms with Crippen LogP contribution >= 0.6 is 35.7 Å². The molecule has 128 valence electrons. The van der Waals surface area contributed by atoms with E-state index in [0.29, 0.717) is 0 Å². The molecule has 0 amide bonds. The lowest BCUT2D eigenvalue weighted by Crippen LogP contribution is -2.39. The summed E-state index contributed by atoms with van der Waals surface area (Å²) in [6.07, 6.45) is 9.51. The number of halogens is 1. The lowest BCUT2D eigenvalue weighted by atomic mass is 10.3. The van der Waals surface area contributed by atoms with Gasteiger partial charge < -0.3 is 15.1 Å². The molecule has 22 heavy (non-hydrogen) atoms. The second-order valence-corrected chi connectivity index (χ2v) is 5.95. The molecular weight excluding hydrogens is 409 g/mol. The molecule has 0 spiro atoms. The Morgan fingerprint density at radius 1 is 1.23 bits per heavy atom. The summed E-state index contributed by atoms with van der Waals surface area (Å²) < 4.78 is 5.34. The van der Waals surface area contributed by atoms with Crippen molar-refractivity contribution in [2.24, 2.45) is 4.99 Å². The monoisotopic (exact) mass is 439 g/mol. The van der Waals surface area contributed by atoms with Gasteiger partial charge in [-0.05, 0) is 43.4 Å². The van der Waals surface area contributed by atoms with Crippen molar-refractivity contribution in [3.8, 4) is 0 Å². The number of unbranched alkanes of at least 4 members (excludes halogenated alkanes) is 2. The van der Waals surface area contributed by atoms with Crippen LogP contribution in [0.5, 0.6) is 0 Å². The predicted molar refractivity (Wildman–Crippen MR) is 109 cm³/mol. The highest BCUT2D eigenvalue weighted by Crippen LogP contribution is 2.00. The van der Waals surface area contributed by atoms with Crippen LogP contribution in [0.25, 0.3) is 0 Å². The standard InChI is InChI=1S/C16H29N3OS.HI/c1-3-4-10-17-16(18-11-5-6-14-21-2)19-12-9-15-8-7-13-20-15;/h7-8,13H,3-6,9-12,14H2,1-2H3,(H2,17,18,19);1H. The van der Waals surface area contributed by atoms with Gasteiger partial charge >= 0.3 is 0 Å². The topological polar surface area (TPSA) is 49.6 Å². The van der Waals surface area contributed by atoms with Gasteiger partial charge in [0.2, 0.25) is 0 Å². The fraction of sp³-hybridized carbons (Fsp3) is 0.688. The number of furan rings is 1. The maximum Gasteiger partial charge on any atom is 0.191 e. The van der Waals surface area contributed by atoms with Gasteiger partial charge in [0.15, 0.2) is 5.96 Å². The van der Waals surface area contributed by atoms with Gasteiger partial charge in [-0.15, -0.1) is 24.0 Å². The molecule has 1 aromatic rings. The minimum absolute atomic E-state index is 0. The van der Waals surface area contributed by atoms with Crippen molar-refractivity contribution in [1.29, 1.82) is 0 Å². The molecule has 1 rings (SSSR count). The minimum atomic E-state index is 0. The Kier molecular flexibility index (Phi) is 15.3. The van der Waals surface area contributed by atoms with Crippen molar-refractivity contribution >= 4 is 41.7 Å². The molecular formula is C16H30IN3OS. The molecule has 0 aliphatic carbocycles. The van der Waals surface area contributed by atoms with Gasteiger partial charge in [-0.1, -0.05) is 13.3 Å². The fourth-order valence-electron chi connectivity index (χ4n) is 1.87. The summed E-state index contributed by atoms with van der Waals surface area (Å²) in [5, 5.41) is 6.78. The lowest BCUT2D eigenvalue weighted by molar-refractivity contribution is 0.506. The zero-order valence-electron chi connectivity index (χ0n) is 13.8. The molecule has 0 saturated heterocycles. The van der Waals surface area contributed by atoms with Crippen molar-refractivity contribution in [3.63, 3.8) is 0 Å². The maximum atomic E-state index is 5.34. The first-order chi connectivity index (χ1) is 10.4. The number of aliphatic imine (C=N–C) groups is 1. The Hall–Kier alpha value is -0.370. The molecule has 0 saturated carbocycles. The Morgan fingerprint density at radius 2 is 2.05 bits per heavy atom. The van der Waals surface area contributed by atoms with Gasteiger partial charge in [0.05, 0.1) is 6.26 Å². The summed E-state index contributed by atoms with van der Waals surface area (Å²) in [6, 6.07) is 3.93. The summed E-state index contributed by atoms with van der Waals surface area (Å²) in [5.41, 5.74) is 0. The minimum Gasteiger partial charge on any atom is -0.469 e. The normalized spacial score (nSPS) is 11.1. The van der Waals surface area contributed by atoms with Crippen molar-refractivity contribution in [1.82, 2.24) is 10.6 Å². The van der Waals surface area contributed by atoms with E-state index in [-0.39, 0.29) is 24.0 Å². The molecule has 0 bridgehead atoms. The summed E-state index contributed by atoms with van der Waals surface area (Å²) in [6.45, 7) is 4.91. The van der Waals surface area contributed by atoms with E-state index in [4.69, 9.17) is 4.42 Å². The van der Waals surface area contributed by atoms with Crippen LogP contribution in [0.4, 0.5) is 0 Å². The molecule has 0 aliphatic rings. The average molecular weight is 439 g/mol. The number of nitrogens with one attached hydrogen (secondary N) is 2. The maximum absolute atomic E-state index is 5.34. The Morgan fingerprint density at radius 3 is 2.73 bits per heavy atom. The summed E-state index contributed by atoms with van der Waals surface area (Å²) >= 11 is 1.90. The second kappa shape index (κ2) is 15.5. The molecule has 0 atom stereocenters. The Labute approximate surface area is 156 Å². The highest BCUT2D eigenvalue weighted by Gasteiger charge is 1.99. The number of rotatable bonds is 11. The average Bonchev–Trinajstić information content (AvgIpc) is 3.00. The van der Waals surface area contributed by atoms with E-state index >= 15 is 0 Å². The van der Waals surface area contributed by atoms with E-state index in [1.807, 2.05) is 23.9 Å². The van der Waals surface area contributed by atoms with Crippen LogP contribution in [0.15, 0.2) is 27.8 Å². The van der Waals surface area contributed by atoms with Crippen LogP contribution in [0, 0.1) is 0 Å². The quantitative estimate of drug-likeness (QED) is 0.238. The SMILES string of the molecule is CCCCNC(=NCCCCSC)NCCc1ccco1.I. The number of hydrogen-bond donors (Lipinski definition) is 2. The Bertz CT molecular complexity index is 371. The zero-order valence-corrected chi connectivity index (χ0v) is 16.9. The third kappa shape index (κ3) is 11.2. The molecule has 4 nitrogen and oxygen atoms in total. The predicted octanol–water partition coefficient (Wildman–Crippen LogP) is 3.92. The molecule has 6 heteroatoms. The fourth-order valence-corrected chi connectivity index (χ4v) is 2.36. The van der Waals surface area contributed by atoms with Crippen LogP contribution in [-0.2, 0) is 6.42 Å². The molecule has 2 N–H and O–H groups in total. The Balaban J connectivity index is 0.00000441. The van der Waals surface area contributed by atoms with Crippen LogP contribution < -0.4 is 10.6 Å². The van der Waals surface area contributed by atoms with E-state index < -0.39 is 0 Å². The summed E-state index contributed by atoms with van der Waals surface area (Å²) in [4.78, 5) is 4.64. The van der Waals surface area contributed by atoms with Gasteiger partial charge in [-0.2, -0.15) is 11.8 Å². The van der Waals surface area contributed by atoms with E-state index in [1.54, 1.807) is 6.26 Å². The number of nitrogens with zero attached hydrogens (tertiary/aromatic N) is 1. The molecule has 0 unspecified atom stereocenters. The molecule has 0 fully saturated rings.